The third-order valence-electron chi connectivity index (χ3n) is 8.13. The first-order valence-electron chi connectivity index (χ1n) is 13.9. The highest BCUT2D eigenvalue weighted by Gasteiger charge is 2.33. The number of benzene rings is 2. The van der Waals surface area contributed by atoms with Crippen LogP contribution < -0.4 is 9.64 Å². The Bertz CT molecular complexity index is 1600. The van der Waals surface area contributed by atoms with Gasteiger partial charge in [0.05, 0.1) is 22.2 Å². The Kier molecular flexibility index (Phi) is 9.01. The van der Waals surface area contributed by atoms with Gasteiger partial charge in [0.25, 0.3) is 5.91 Å². The molecule has 0 bridgehead atoms. The van der Waals surface area contributed by atoms with Gasteiger partial charge in [-0.3, -0.25) is 4.79 Å². The quantitative estimate of drug-likeness (QED) is 0.206. The molecule has 0 radical (unpaired) electrons. The van der Waals surface area contributed by atoms with Crippen LogP contribution in [0.2, 0.25) is 5.02 Å². The van der Waals surface area contributed by atoms with Crippen LogP contribution in [0.3, 0.4) is 0 Å². The molecule has 1 amide bonds. The predicted octanol–water partition coefficient (Wildman–Crippen LogP) is 7.48. The summed E-state index contributed by atoms with van der Waals surface area (Å²) in [6.07, 6.45) is 5.25. The van der Waals surface area contributed by atoms with Crippen molar-refractivity contribution in [3.05, 3.63) is 75.8 Å². The average molecular weight is 613 g/mol. The lowest BCUT2D eigenvalue weighted by atomic mass is 9.89. The molecule has 0 N–H and O–H groups in total. The number of methoxy groups -OCH3 is 1. The minimum Gasteiger partial charge on any atom is -0.496 e. The molecule has 0 atom stereocenters. The maximum absolute atomic E-state index is 14.7. The molecule has 2 aromatic heterocycles. The van der Waals surface area contributed by atoms with Gasteiger partial charge in [0.1, 0.15) is 28.1 Å². The number of rotatable bonds is 8. The number of pyridine rings is 1. The van der Waals surface area contributed by atoms with E-state index in [1.807, 2.05) is 54.2 Å². The Balaban J connectivity index is 1.56. The van der Waals surface area contributed by atoms with Gasteiger partial charge in [0, 0.05) is 44.5 Å². The van der Waals surface area contributed by atoms with Gasteiger partial charge in [0.2, 0.25) is 0 Å². The second-order valence-corrected chi connectivity index (χ2v) is 12.6. The molecular formula is C32H35ClF2N4O2S. The first-order chi connectivity index (χ1) is 20.1. The van der Waals surface area contributed by atoms with Gasteiger partial charge in [-0.1, -0.05) is 17.7 Å². The van der Waals surface area contributed by atoms with Gasteiger partial charge < -0.3 is 19.4 Å². The molecule has 4 aromatic rings. The Morgan fingerprint density at radius 2 is 1.64 bits per heavy atom. The van der Waals surface area contributed by atoms with Crippen LogP contribution >= 0.6 is 22.9 Å². The van der Waals surface area contributed by atoms with E-state index in [1.165, 1.54) is 0 Å². The number of halogens is 3. The van der Waals surface area contributed by atoms with E-state index in [4.69, 9.17) is 16.3 Å². The Hall–Kier alpha value is -3.27. The summed E-state index contributed by atoms with van der Waals surface area (Å²) in [5, 5.41) is -0.0899. The molecule has 2 aromatic carbocycles. The third-order valence-corrected chi connectivity index (χ3v) is 9.81. The van der Waals surface area contributed by atoms with Crippen molar-refractivity contribution < 1.29 is 18.3 Å². The predicted molar refractivity (Wildman–Crippen MR) is 167 cm³/mol. The number of carbonyl (C=O) groups excluding carboxylic acids is 1. The number of anilines is 1. The number of fused-ring (bicyclic) bond motifs is 1. The van der Waals surface area contributed by atoms with Crippen molar-refractivity contribution in [3.8, 4) is 16.9 Å². The van der Waals surface area contributed by atoms with Crippen molar-refractivity contribution >= 4 is 44.7 Å². The molecule has 1 fully saturated rings. The minimum absolute atomic E-state index is 0.0438. The molecule has 1 aliphatic carbocycles. The molecule has 10 heteroatoms. The molecular weight excluding hydrogens is 578 g/mol. The fourth-order valence-corrected chi connectivity index (χ4v) is 7.23. The van der Waals surface area contributed by atoms with Crippen LogP contribution in [-0.2, 0) is 6.54 Å². The molecule has 42 heavy (non-hydrogen) atoms. The van der Waals surface area contributed by atoms with Gasteiger partial charge in [-0.25, -0.2) is 13.8 Å². The lowest BCUT2D eigenvalue weighted by Gasteiger charge is -2.39. The molecule has 0 aliphatic heterocycles. The lowest BCUT2D eigenvalue weighted by Crippen LogP contribution is -2.44. The maximum Gasteiger partial charge on any atom is 0.266 e. The molecule has 0 spiro atoms. The first-order valence-corrected chi connectivity index (χ1v) is 15.1. The van der Waals surface area contributed by atoms with Crippen molar-refractivity contribution in [3.63, 3.8) is 0 Å². The lowest BCUT2D eigenvalue weighted by molar-refractivity contribution is 0.0573. The smallest absolute Gasteiger partial charge is 0.266 e. The van der Waals surface area contributed by atoms with Crippen molar-refractivity contribution in [2.24, 2.45) is 0 Å². The van der Waals surface area contributed by atoms with E-state index in [9.17, 15) is 13.6 Å². The van der Waals surface area contributed by atoms with Crippen LogP contribution in [-0.4, -0.2) is 68.1 Å². The van der Waals surface area contributed by atoms with E-state index in [1.54, 1.807) is 13.3 Å². The molecule has 1 saturated carbocycles. The van der Waals surface area contributed by atoms with Gasteiger partial charge in [0.15, 0.2) is 0 Å². The number of nitrogens with zero attached hydrogens (tertiary/aromatic N) is 4. The number of aromatic nitrogens is 1. The molecule has 6 nitrogen and oxygen atoms in total. The number of thiophene rings is 1. The van der Waals surface area contributed by atoms with Crippen LogP contribution in [0.15, 0.2) is 48.7 Å². The molecule has 2 heterocycles. The number of ether oxygens (including phenoxy) is 1. The van der Waals surface area contributed by atoms with E-state index in [0.29, 0.717) is 11.8 Å². The molecule has 222 valence electrons. The highest BCUT2D eigenvalue weighted by Crippen LogP contribution is 2.41. The minimum atomic E-state index is -0.645. The number of amides is 1. The number of carbonyl (C=O) groups is 1. The van der Waals surface area contributed by atoms with E-state index in [-0.39, 0.29) is 38.5 Å². The van der Waals surface area contributed by atoms with Gasteiger partial charge >= 0.3 is 0 Å². The van der Waals surface area contributed by atoms with Crippen molar-refractivity contribution in [1.82, 2.24) is 14.8 Å². The third kappa shape index (κ3) is 5.96. The van der Waals surface area contributed by atoms with Crippen LogP contribution in [0.5, 0.6) is 5.75 Å². The summed E-state index contributed by atoms with van der Waals surface area (Å²) in [5.74, 6) is -0.0922. The van der Waals surface area contributed by atoms with Gasteiger partial charge in [-0.15, -0.1) is 11.3 Å². The summed E-state index contributed by atoms with van der Waals surface area (Å²) < 4.78 is 35.2. The molecule has 0 unspecified atom stereocenters. The highest BCUT2D eigenvalue weighted by atomic mass is 35.5. The standard InChI is InChI=1S/C32H35ClF2N4O2S/c1-37(2)22-7-9-23(10-8-22)39(32(40)31-29(33)28-24(34)11-12-25(35)30(28)42-31)18-21-16-19(6-13-26(21)41-5)20-14-15-36-27(17-20)38(3)4/h6,11-17,22-23H,7-10,18H2,1-5H3. The molecule has 1 aliphatic rings. The largest absolute Gasteiger partial charge is 0.496 e. The highest BCUT2D eigenvalue weighted by molar-refractivity contribution is 7.21. The fourth-order valence-electron chi connectivity index (χ4n) is 5.73. The molecule has 0 saturated heterocycles. The van der Waals surface area contributed by atoms with E-state index >= 15 is 0 Å². The topological polar surface area (TPSA) is 48.9 Å². The van der Waals surface area contributed by atoms with Crippen LogP contribution in [0, 0.1) is 11.6 Å². The average Bonchev–Trinajstić information content (AvgIpc) is 3.35. The summed E-state index contributed by atoms with van der Waals surface area (Å²) in [4.78, 5) is 24.8. The van der Waals surface area contributed by atoms with E-state index in [2.05, 4.69) is 24.0 Å². The van der Waals surface area contributed by atoms with Crippen molar-refractivity contribution in [2.75, 3.05) is 40.2 Å². The normalized spacial score (nSPS) is 17.1. The van der Waals surface area contributed by atoms with Gasteiger partial charge in [-0.2, -0.15) is 0 Å². The van der Waals surface area contributed by atoms with Crippen molar-refractivity contribution in [1.29, 1.82) is 0 Å². The van der Waals surface area contributed by atoms with E-state index < -0.39 is 11.6 Å². The number of hydrogen-bond donors (Lipinski definition) is 0. The summed E-state index contributed by atoms with van der Waals surface area (Å²) >= 11 is 7.51. The van der Waals surface area contributed by atoms with Gasteiger partial charge in [-0.05, 0) is 87.3 Å². The maximum atomic E-state index is 14.7. The second kappa shape index (κ2) is 12.5. The summed E-state index contributed by atoms with van der Waals surface area (Å²) in [7, 11) is 9.64. The Morgan fingerprint density at radius 3 is 2.29 bits per heavy atom. The number of hydrogen-bond acceptors (Lipinski definition) is 6. The SMILES string of the molecule is COc1ccc(-c2ccnc(N(C)C)c2)cc1CN(C(=O)c1sc2c(F)ccc(F)c2c1Cl)C1CCC(N(C)C)CC1. The first kappa shape index (κ1) is 30.2. The van der Waals surface area contributed by atoms with Crippen LogP contribution in [0.1, 0.15) is 40.9 Å². The fraction of sp³-hybridized carbons (Fsp3) is 0.375. The van der Waals surface area contributed by atoms with Crippen LogP contribution in [0.4, 0.5) is 14.6 Å². The Labute approximate surface area is 254 Å². The zero-order chi connectivity index (χ0) is 30.1. The zero-order valence-electron chi connectivity index (χ0n) is 24.5. The van der Waals surface area contributed by atoms with Crippen molar-refractivity contribution in [2.45, 2.75) is 44.3 Å². The summed E-state index contributed by atoms with van der Waals surface area (Å²) in [6.45, 7) is 0.258. The van der Waals surface area contributed by atoms with Crippen LogP contribution in [0.25, 0.3) is 21.2 Å². The molecule has 5 rings (SSSR count). The summed E-state index contributed by atoms with van der Waals surface area (Å²) in [5.41, 5.74) is 2.78. The zero-order valence-corrected chi connectivity index (χ0v) is 26.0. The van der Waals surface area contributed by atoms with E-state index in [0.717, 1.165) is 71.7 Å². The monoisotopic (exact) mass is 612 g/mol. The second-order valence-electron chi connectivity index (χ2n) is 11.2. The summed E-state index contributed by atoms with van der Waals surface area (Å²) in [6, 6.07) is 12.4. The Morgan fingerprint density at radius 1 is 0.976 bits per heavy atom.